The second-order valence-corrected chi connectivity index (χ2v) is 4.48. The first-order chi connectivity index (χ1) is 10.5. The Morgan fingerprint density at radius 2 is 1.68 bits per heavy atom. The third-order valence-corrected chi connectivity index (χ3v) is 3.03. The maximum atomic E-state index is 11.8. The van der Waals surface area contributed by atoms with Crippen LogP contribution in [0.2, 0.25) is 0 Å². The van der Waals surface area contributed by atoms with Crippen LogP contribution >= 0.6 is 0 Å². The minimum absolute atomic E-state index is 0.0334. The lowest BCUT2D eigenvalue weighted by molar-refractivity contribution is -0.385. The fourth-order valence-corrected chi connectivity index (χ4v) is 2.02. The average molecular weight is 309 g/mol. The molecule has 1 aromatic carbocycles. The molecule has 0 atom stereocenters. The number of ether oxygens (including phenoxy) is 2. The Bertz CT molecular complexity index is 525. The monoisotopic (exact) mass is 309 g/mol. The van der Waals surface area contributed by atoms with E-state index in [1.807, 2.05) is 0 Å². The Balaban J connectivity index is 2.85. The smallest absolute Gasteiger partial charge is 0.320 e. The number of esters is 2. The van der Waals surface area contributed by atoms with Crippen molar-refractivity contribution >= 4 is 17.6 Å². The topological polar surface area (TPSA) is 95.7 Å². The molecule has 0 aliphatic carbocycles. The average Bonchev–Trinajstić information content (AvgIpc) is 2.48. The van der Waals surface area contributed by atoms with Crippen molar-refractivity contribution in [2.24, 2.45) is 5.92 Å². The summed E-state index contributed by atoms with van der Waals surface area (Å²) in [6.45, 7) is 3.59. The van der Waals surface area contributed by atoms with E-state index in [2.05, 4.69) is 0 Å². The molecule has 0 aliphatic heterocycles. The second kappa shape index (κ2) is 8.76. The molecular weight excluding hydrogens is 290 g/mol. The SMILES string of the molecule is CCOC(=O)C(CCc1ccccc1[N+](=O)[O-])C(=O)OCC. The lowest BCUT2D eigenvalue weighted by atomic mass is 9.98. The van der Waals surface area contributed by atoms with Crippen molar-refractivity contribution < 1.29 is 24.0 Å². The zero-order valence-corrected chi connectivity index (χ0v) is 12.6. The number of rotatable bonds is 8. The molecule has 0 heterocycles. The lowest BCUT2D eigenvalue weighted by Crippen LogP contribution is -2.28. The molecule has 120 valence electrons. The molecule has 0 spiro atoms. The van der Waals surface area contributed by atoms with E-state index < -0.39 is 22.8 Å². The summed E-state index contributed by atoms with van der Waals surface area (Å²) < 4.78 is 9.73. The summed E-state index contributed by atoms with van der Waals surface area (Å²) in [6, 6.07) is 6.23. The van der Waals surface area contributed by atoms with Gasteiger partial charge in [0.1, 0.15) is 0 Å². The molecule has 0 bridgehead atoms. The number of benzene rings is 1. The number of nitro benzene ring substituents is 1. The van der Waals surface area contributed by atoms with E-state index in [1.165, 1.54) is 6.07 Å². The molecule has 0 N–H and O–H groups in total. The summed E-state index contributed by atoms with van der Waals surface area (Å²) >= 11 is 0. The van der Waals surface area contributed by atoms with Crippen LogP contribution in [0.3, 0.4) is 0 Å². The standard InChI is InChI=1S/C15H19NO6/c1-3-21-14(17)12(15(18)22-4-2)10-9-11-7-5-6-8-13(11)16(19)20/h5-8,12H,3-4,9-10H2,1-2H3. The van der Waals surface area contributed by atoms with E-state index in [1.54, 1.807) is 32.0 Å². The van der Waals surface area contributed by atoms with Gasteiger partial charge < -0.3 is 9.47 Å². The molecule has 0 fully saturated rings. The molecule has 0 saturated carbocycles. The van der Waals surface area contributed by atoms with Crippen LogP contribution in [0.4, 0.5) is 5.69 Å². The van der Waals surface area contributed by atoms with Crippen molar-refractivity contribution in [3.05, 3.63) is 39.9 Å². The summed E-state index contributed by atoms with van der Waals surface area (Å²) in [7, 11) is 0. The first kappa shape index (κ1) is 17.6. The highest BCUT2D eigenvalue weighted by atomic mass is 16.6. The second-order valence-electron chi connectivity index (χ2n) is 4.48. The van der Waals surface area contributed by atoms with Gasteiger partial charge in [0.05, 0.1) is 18.1 Å². The predicted molar refractivity (Wildman–Crippen MR) is 78.2 cm³/mol. The van der Waals surface area contributed by atoms with Crippen molar-refractivity contribution in [2.45, 2.75) is 26.7 Å². The number of nitrogens with zero attached hydrogens (tertiary/aromatic N) is 1. The van der Waals surface area contributed by atoms with Crippen LogP contribution < -0.4 is 0 Å². The minimum Gasteiger partial charge on any atom is -0.465 e. The molecule has 0 amide bonds. The summed E-state index contributed by atoms with van der Waals surface area (Å²) in [5, 5.41) is 11.0. The fraction of sp³-hybridized carbons (Fsp3) is 0.467. The number of hydrogen-bond donors (Lipinski definition) is 0. The Morgan fingerprint density at radius 1 is 1.14 bits per heavy atom. The van der Waals surface area contributed by atoms with Gasteiger partial charge in [-0.3, -0.25) is 19.7 Å². The van der Waals surface area contributed by atoms with Gasteiger partial charge in [-0.2, -0.15) is 0 Å². The van der Waals surface area contributed by atoms with Crippen LogP contribution in [0.5, 0.6) is 0 Å². The van der Waals surface area contributed by atoms with Crippen LogP contribution in [-0.4, -0.2) is 30.1 Å². The number of para-hydroxylation sites is 1. The molecule has 1 aromatic rings. The van der Waals surface area contributed by atoms with Crippen molar-refractivity contribution in [3.8, 4) is 0 Å². The molecular formula is C15H19NO6. The third-order valence-electron chi connectivity index (χ3n) is 3.03. The zero-order valence-electron chi connectivity index (χ0n) is 12.6. The number of carbonyl (C=O) groups excluding carboxylic acids is 2. The molecule has 0 saturated heterocycles. The van der Waals surface area contributed by atoms with E-state index in [9.17, 15) is 19.7 Å². The first-order valence-electron chi connectivity index (χ1n) is 7.06. The van der Waals surface area contributed by atoms with Gasteiger partial charge in [0, 0.05) is 11.6 Å². The van der Waals surface area contributed by atoms with E-state index in [4.69, 9.17) is 9.47 Å². The summed E-state index contributed by atoms with van der Waals surface area (Å²) in [4.78, 5) is 34.2. The Hall–Kier alpha value is -2.44. The summed E-state index contributed by atoms with van der Waals surface area (Å²) in [6.07, 6.45) is 0.308. The molecule has 0 aromatic heterocycles. The number of nitro groups is 1. The first-order valence-corrected chi connectivity index (χ1v) is 7.06. The van der Waals surface area contributed by atoms with E-state index in [0.29, 0.717) is 5.56 Å². The van der Waals surface area contributed by atoms with Gasteiger partial charge in [-0.1, -0.05) is 18.2 Å². The van der Waals surface area contributed by atoms with E-state index >= 15 is 0 Å². The third kappa shape index (κ3) is 4.83. The summed E-state index contributed by atoms with van der Waals surface area (Å²) in [5.74, 6) is -2.40. The van der Waals surface area contributed by atoms with Crippen molar-refractivity contribution in [2.75, 3.05) is 13.2 Å². The largest absolute Gasteiger partial charge is 0.465 e. The van der Waals surface area contributed by atoms with Gasteiger partial charge in [0.15, 0.2) is 5.92 Å². The molecule has 7 nitrogen and oxygen atoms in total. The highest BCUT2D eigenvalue weighted by Gasteiger charge is 2.30. The normalized spacial score (nSPS) is 10.3. The summed E-state index contributed by atoms with van der Waals surface area (Å²) in [5.41, 5.74) is 0.431. The maximum Gasteiger partial charge on any atom is 0.320 e. The molecule has 0 radical (unpaired) electrons. The van der Waals surface area contributed by atoms with Gasteiger partial charge in [0.25, 0.3) is 5.69 Å². The Kier molecular flexibility index (Phi) is 7.01. The van der Waals surface area contributed by atoms with Crippen LogP contribution in [0, 0.1) is 16.0 Å². The lowest BCUT2D eigenvalue weighted by Gasteiger charge is -2.14. The predicted octanol–water partition coefficient (Wildman–Crippen LogP) is 2.27. The molecule has 7 heteroatoms. The van der Waals surface area contributed by atoms with Gasteiger partial charge in [-0.05, 0) is 26.7 Å². The molecule has 22 heavy (non-hydrogen) atoms. The zero-order chi connectivity index (χ0) is 16.5. The van der Waals surface area contributed by atoms with Crippen LogP contribution in [0.1, 0.15) is 25.8 Å². The van der Waals surface area contributed by atoms with E-state index in [-0.39, 0.29) is 31.7 Å². The highest BCUT2D eigenvalue weighted by molar-refractivity contribution is 5.94. The number of aryl methyl sites for hydroxylation is 1. The van der Waals surface area contributed by atoms with Gasteiger partial charge in [0.2, 0.25) is 0 Å². The molecule has 0 aliphatic rings. The Morgan fingerprint density at radius 3 is 2.18 bits per heavy atom. The van der Waals surface area contributed by atoms with Crippen LogP contribution in [-0.2, 0) is 25.5 Å². The van der Waals surface area contributed by atoms with Gasteiger partial charge in [-0.15, -0.1) is 0 Å². The number of carbonyl (C=O) groups is 2. The van der Waals surface area contributed by atoms with Crippen LogP contribution in [0.15, 0.2) is 24.3 Å². The quantitative estimate of drug-likeness (QED) is 0.316. The molecule has 0 unspecified atom stereocenters. The van der Waals surface area contributed by atoms with Crippen molar-refractivity contribution in [1.29, 1.82) is 0 Å². The van der Waals surface area contributed by atoms with Crippen molar-refractivity contribution in [3.63, 3.8) is 0 Å². The Labute approximate surface area is 128 Å². The number of hydrogen-bond acceptors (Lipinski definition) is 6. The van der Waals surface area contributed by atoms with Crippen molar-refractivity contribution in [1.82, 2.24) is 0 Å². The fourth-order valence-electron chi connectivity index (χ4n) is 2.02. The van der Waals surface area contributed by atoms with Gasteiger partial charge >= 0.3 is 11.9 Å². The van der Waals surface area contributed by atoms with Crippen LogP contribution in [0.25, 0.3) is 0 Å². The highest BCUT2D eigenvalue weighted by Crippen LogP contribution is 2.22. The minimum atomic E-state index is -1.07. The van der Waals surface area contributed by atoms with Gasteiger partial charge in [-0.25, -0.2) is 0 Å². The molecule has 1 rings (SSSR count). The maximum absolute atomic E-state index is 11.8. The van der Waals surface area contributed by atoms with E-state index in [0.717, 1.165) is 0 Å².